The summed E-state index contributed by atoms with van der Waals surface area (Å²) in [6.07, 6.45) is 0.236. The molecule has 5 heteroatoms. The molecule has 0 aromatic heterocycles. The predicted molar refractivity (Wildman–Crippen MR) is 99.6 cm³/mol. The third-order valence-electron chi connectivity index (χ3n) is 4.63. The molecular formula is C20H24FN3O. The largest absolute Gasteiger partial charge is 0.369 e. The molecule has 0 atom stereocenters. The number of hydrogen-bond donors (Lipinski definition) is 1. The van der Waals surface area contributed by atoms with Crippen LogP contribution in [0.2, 0.25) is 0 Å². The Morgan fingerprint density at radius 2 is 1.76 bits per heavy atom. The molecule has 3 rings (SSSR count). The van der Waals surface area contributed by atoms with E-state index in [2.05, 4.69) is 34.3 Å². The van der Waals surface area contributed by atoms with Gasteiger partial charge in [-0.2, -0.15) is 0 Å². The number of piperazine rings is 1. The molecule has 1 aliphatic heterocycles. The SMILES string of the molecule is Cc1cc(N2CCN(C)CC2)ccc1NC(=O)Cc1ccc(F)cc1. The van der Waals surface area contributed by atoms with Gasteiger partial charge in [0.25, 0.3) is 0 Å². The van der Waals surface area contributed by atoms with E-state index < -0.39 is 0 Å². The number of anilines is 2. The summed E-state index contributed by atoms with van der Waals surface area (Å²) in [5.41, 5.74) is 3.86. The average molecular weight is 341 g/mol. The van der Waals surface area contributed by atoms with Gasteiger partial charge in [0.1, 0.15) is 5.82 Å². The van der Waals surface area contributed by atoms with Crippen LogP contribution in [0.3, 0.4) is 0 Å². The minimum atomic E-state index is -0.292. The summed E-state index contributed by atoms with van der Waals surface area (Å²) in [5.74, 6) is -0.387. The number of rotatable bonds is 4. The second-order valence-electron chi connectivity index (χ2n) is 6.64. The molecule has 2 aromatic rings. The van der Waals surface area contributed by atoms with Gasteiger partial charge in [-0.25, -0.2) is 4.39 Å². The van der Waals surface area contributed by atoms with E-state index in [1.54, 1.807) is 12.1 Å². The highest BCUT2D eigenvalue weighted by Crippen LogP contribution is 2.23. The first-order valence-electron chi connectivity index (χ1n) is 8.60. The molecule has 132 valence electrons. The summed E-state index contributed by atoms with van der Waals surface area (Å²) < 4.78 is 12.9. The Balaban J connectivity index is 1.62. The van der Waals surface area contributed by atoms with Gasteiger partial charge in [-0.1, -0.05) is 12.1 Å². The van der Waals surface area contributed by atoms with Crippen molar-refractivity contribution in [3.05, 3.63) is 59.4 Å². The highest BCUT2D eigenvalue weighted by molar-refractivity contribution is 5.93. The van der Waals surface area contributed by atoms with E-state index in [0.717, 1.165) is 43.0 Å². The van der Waals surface area contributed by atoms with Crippen LogP contribution >= 0.6 is 0 Å². The topological polar surface area (TPSA) is 35.6 Å². The maximum atomic E-state index is 12.9. The summed E-state index contributed by atoms with van der Waals surface area (Å²) in [6.45, 7) is 6.18. The Morgan fingerprint density at radius 1 is 1.08 bits per heavy atom. The fourth-order valence-corrected chi connectivity index (χ4v) is 3.03. The fraction of sp³-hybridized carbons (Fsp3) is 0.350. The Labute approximate surface area is 148 Å². The molecule has 0 radical (unpaired) electrons. The molecule has 0 saturated carbocycles. The quantitative estimate of drug-likeness (QED) is 0.928. The van der Waals surface area contributed by atoms with E-state index in [1.807, 2.05) is 13.0 Å². The Morgan fingerprint density at radius 3 is 2.40 bits per heavy atom. The molecular weight excluding hydrogens is 317 g/mol. The van der Waals surface area contributed by atoms with E-state index in [4.69, 9.17) is 0 Å². The van der Waals surface area contributed by atoms with Gasteiger partial charge in [0.05, 0.1) is 6.42 Å². The van der Waals surface area contributed by atoms with Crippen LogP contribution in [0.25, 0.3) is 0 Å². The molecule has 0 spiro atoms. The smallest absolute Gasteiger partial charge is 0.228 e. The summed E-state index contributed by atoms with van der Waals surface area (Å²) in [4.78, 5) is 16.9. The third kappa shape index (κ3) is 4.57. The molecule has 4 nitrogen and oxygen atoms in total. The minimum Gasteiger partial charge on any atom is -0.369 e. The lowest BCUT2D eigenvalue weighted by Crippen LogP contribution is -2.44. The molecule has 25 heavy (non-hydrogen) atoms. The van der Waals surface area contributed by atoms with Crippen molar-refractivity contribution in [3.8, 4) is 0 Å². The lowest BCUT2D eigenvalue weighted by Gasteiger charge is -2.34. The van der Waals surface area contributed by atoms with E-state index in [1.165, 1.54) is 17.8 Å². The number of likely N-dealkylation sites (N-methyl/N-ethyl adjacent to an activating group) is 1. The Bertz CT molecular complexity index is 737. The standard InChI is InChI=1S/C20H24FN3O/c1-15-13-18(24-11-9-23(2)10-12-24)7-8-19(15)22-20(25)14-16-3-5-17(21)6-4-16/h3-8,13H,9-12,14H2,1-2H3,(H,22,25). The third-order valence-corrected chi connectivity index (χ3v) is 4.63. The number of nitrogens with one attached hydrogen (secondary N) is 1. The van der Waals surface area contributed by atoms with Crippen molar-refractivity contribution in [2.75, 3.05) is 43.4 Å². The molecule has 1 amide bonds. The van der Waals surface area contributed by atoms with Crippen molar-refractivity contribution in [2.45, 2.75) is 13.3 Å². The second kappa shape index (κ2) is 7.66. The summed E-state index contributed by atoms with van der Waals surface area (Å²) >= 11 is 0. The highest BCUT2D eigenvalue weighted by Gasteiger charge is 2.15. The molecule has 1 heterocycles. The van der Waals surface area contributed by atoms with Gasteiger partial charge in [-0.05, 0) is 55.4 Å². The molecule has 1 saturated heterocycles. The fourth-order valence-electron chi connectivity index (χ4n) is 3.03. The Kier molecular flexibility index (Phi) is 5.34. The van der Waals surface area contributed by atoms with Crippen molar-refractivity contribution in [1.29, 1.82) is 0 Å². The van der Waals surface area contributed by atoms with Crippen molar-refractivity contribution >= 4 is 17.3 Å². The number of hydrogen-bond acceptors (Lipinski definition) is 3. The normalized spacial score (nSPS) is 15.2. The predicted octanol–water partition coefficient (Wildman–Crippen LogP) is 3.07. The van der Waals surface area contributed by atoms with Gasteiger partial charge in [0.15, 0.2) is 0 Å². The van der Waals surface area contributed by atoms with E-state index in [0.29, 0.717) is 0 Å². The van der Waals surface area contributed by atoms with E-state index in [-0.39, 0.29) is 18.1 Å². The average Bonchev–Trinajstić information content (AvgIpc) is 2.59. The first kappa shape index (κ1) is 17.4. The lowest BCUT2D eigenvalue weighted by molar-refractivity contribution is -0.115. The zero-order valence-corrected chi connectivity index (χ0v) is 14.8. The van der Waals surface area contributed by atoms with Gasteiger partial charge in [-0.15, -0.1) is 0 Å². The number of halogens is 1. The molecule has 2 aromatic carbocycles. The van der Waals surface area contributed by atoms with E-state index in [9.17, 15) is 9.18 Å². The number of carbonyl (C=O) groups excluding carboxylic acids is 1. The summed E-state index contributed by atoms with van der Waals surface area (Å²) in [6, 6.07) is 12.2. The van der Waals surface area contributed by atoms with Crippen molar-refractivity contribution in [3.63, 3.8) is 0 Å². The molecule has 1 aliphatic rings. The van der Waals surface area contributed by atoms with E-state index >= 15 is 0 Å². The maximum absolute atomic E-state index is 12.9. The van der Waals surface area contributed by atoms with Crippen molar-refractivity contribution < 1.29 is 9.18 Å². The molecule has 1 fully saturated rings. The maximum Gasteiger partial charge on any atom is 0.228 e. The number of nitrogens with zero attached hydrogens (tertiary/aromatic N) is 2. The summed E-state index contributed by atoms with van der Waals surface area (Å²) in [5, 5.41) is 2.95. The van der Waals surface area contributed by atoms with Gasteiger partial charge in [-0.3, -0.25) is 4.79 Å². The van der Waals surface area contributed by atoms with Crippen LogP contribution in [0, 0.1) is 12.7 Å². The van der Waals surface area contributed by atoms with Crippen LogP contribution in [-0.4, -0.2) is 44.0 Å². The molecule has 0 bridgehead atoms. The van der Waals surface area contributed by atoms with Gasteiger partial charge >= 0.3 is 0 Å². The van der Waals surface area contributed by atoms with Crippen LogP contribution in [0.15, 0.2) is 42.5 Å². The van der Waals surface area contributed by atoms with Gasteiger partial charge < -0.3 is 15.1 Å². The first-order valence-corrected chi connectivity index (χ1v) is 8.60. The number of benzene rings is 2. The van der Waals surface area contributed by atoms with Crippen LogP contribution in [-0.2, 0) is 11.2 Å². The van der Waals surface area contributed by atoms with Crippen molar-refractivity contribution in [2.24, 2.45) is 0 Å². The summed E-state index contributed by atoms with van der Waals surface area (Å²) in [7, 11) is 2.14. The molecule has 0 unspecified atom stereocenters. The second-order valence-corrected chi connectivity index (χ2v) is 6.64. The Hall–Kier alpha value is -2.40. The first-order chi connectivity index (χ1) is 12.0. The lowest BCUT2D eigenvalue weighted by atomic mass is 10.1. The van der Waals surface area contributed by atoms with Crippen LogP contribution in [0.4, 0.5) is 15.8 Å². The van der Waals surface area contributed by atoms with Gasteiger partial charge in [0, 0.05) is 37.6 Å². The highest BCUT2D eigenvalue weighted by atomic mass is 19.1. The van der Waals surface area contributed by atoms with Crippen LogP contribution in [0.5, 0.6) is 0 Å². The zero-order valence-electron chi connectivity index (χ0n) is 14.8. The van der Waals surface area contributed by atoms with Crippen molar-refractivity contribution in [1.82, 2.24) is 4.90 Å². The van der Waals surface area contributed by atoms with Crippen LogP contribution in [0.1, 0.15) is 11.1 Å². The molecule has 1 N–H and O–H groups in total. The number of aryl methyl sites for hydroxylation is 1. The molecule has 0 aliphatic carbocycles. The van der Waals surface area contributed by atoms with Gasteiger partial charge in [0.2, 0.25) is 5.91 Å². The zero-order chi connectivity index (χ0) is 17.8. The van der Waals surface area contributed by atoms with Crippen LogP contribution < -0.4 is 10.2 Å². The minimum absolute atomic E-state index is 0.0953. The number of amides is 1. The number of carbonyl (C=O) groups is 1. The monoisotopic (exact) mass is 341 g/mol.